The van der Waals surface area contributed by atoms with Crippen LogP contribution in [0.15, 0.2) is 24.3 Å². The molecule has 0 bridgehead atoms. The molecule has 0 saturated heterocycles. The van der Waals surface area contributed by atoms with E-state index in [-0.39, 0.29) is 0 Å². The summed E-state index contributed by atoms with van der Waals surface area (Å²) in [5.41, 5.74) is 2.55. The van der Waals surface area contributed by atoms with Gasteiger partial charge in [-0.3, -0.25) is 10.2 Å². The molecule has 1 aromatic carbocycles. The zero-order valence-electron chi connectivity index (χ0n) is 12.2. The molecule has 1 aromatic rings. The predicted octanol–water partition coefficient (Wildman–Crippen LogP) is 2.12. The van der Waals surface area contributed by atoms with Crippen LogP contribution in [0.5, 0.6) is 0 Å². The lowest BCUT2D eigenvalue weighted by molar-refractivity contribution is 0.227. The highest BCUT2D eigenvalue weighted by Gasteiger charge is 2.34. The van der Waals surface area contributed by atoms with Crippen LogP contribution in [0.25, 0.3) is 0 Å². The molecule has 1 saturated carbocycles. The summed E-state index contributed by atoms with van der Waals surface area (Å²) in [6.45, 7) is 4.98. The fourth-order valence-electron chi connectivity index (χ4n) is 3.11. The van der Waals surface area contributed by atoms with Crippen molar-refractivity contribution in [2.45, 2.75) is 44.2 Å². The van der Waals surface area contributed by atoms with Gasteiger partial charge >= 0.3 is 0 Å². The van der Waals surface area contributed by atoms with Crippen LogP contribution in [0, 0.1) is 11.3 Å². The lowest BCUT2D eigenvalue weighted by Gasteiger charge is -2.30. The summed E-state index contributed by atoms with van der Waals surface area (Å²) in [4.78, 5) is 2.44. The molecular weight excluding hydrogens is 246 g/mol. The third kappa shape index (κ3) is 3.20. The van der Waals surface area contributed by atoms with E-state index < -0.39 is 5.54 Å². The van der Waals surface area contributed by atoms with E-state index in [2.05, 4.69) is 40.6 Å². The van der Waals surface area contributed by atoms with Gasteiger partial charge in [0, 0.05) is 25.7 Å². The van der Waals surface area contributed by atoms with Crippen LogP contribution in [0.2, 0.25) is 0 Å². The average Bonchev–Trinajstić information content (AvgIpc) is 3.27. The van der Waals surface area contributed by atoms with Gasteiger partial charge in [0.1, 0.15) is 5.54 Å². The van der Waals surface area contributed by atoms with Crippen LogP contribution >= 0.6 is 0 Å². The number of nitrogens with zero attached hydrogens (tertiary/aromatic N) is 2. The molecule has 1 atom stereocenters. The first kappa shape index (κ1) is 13.6. The Kier molecular flexibility index (Phi) is 3.78. The quantitative estimate of drug-likeness (QED) is 0.910. The van der Waals surface area contributed by atoms with Gasteiger partial charge in [-0.15, -0.1) is 0 Å². The molecule has 1 aliphatic carbocycles. The van der Waals surface area contributed by atoms with Gasteiger partial charge in [0.2, 0.25) is 0 Å². The number of rotatable bonds is 4. The minimum atomic E-state index is -0.405. The summed E-state index contributed by atoms with van der Waals surface area (Å²) >= 11 is 0. The summed E-state index contributed by atoms with van der Waals surface area (Å²) in [5.74, 6) is 0. The molecule has 2 aliphatic rings. The fraction of sp³-hybridized carbons (Fsp3) is 0.588. The van der Waals surface area contributed by atoms with Gasteiger partial charge in [0.25, 0.3) is 0 Å². The Labute approximate surface area is 121 Å². The Morgan fingerprint density at radius 3 is 2.35 bits per heavy atom. The van der Waals surface area contributed by atoms with E-state index in [0.29, 0.717) is 6.04 Å². The van der Waals surface area contributed by atoms with E-state index in [1.165, 1.54) is 24.0 Å². The molecule has 20 heavy (non-hydrogen) atoms. The van der Waals surface area contributed by atoms with Crippen molar-refractivity contribution >= 4 is 0 Å². The molecule has 0 radical (unpaired) electrons. The van der Waals surface area contributed by atoms with Gasteiger partial charge in [0.15, 0.2) is 0 Å². The molecule has 106 valence electrons. The van der Waals surface area contributed by atoms with E-state index in [9.17, 15) is 5.26 Å². The maximum Gasteiger partial charge on any atom is 0.116 e. The first-order chi connectivity index (χ1) is 9.68. The van der Waals surface area contributed by atoms with Crippen LogP contribution in [0.1, 0.15) is 30.9 Å². The van der Waals surface area contributed by atoms with E-state index in [1.54, 1.807) is 0 Å². The smallest absolute Gasteiger partial charge is 0.116 e. The Morgan fingerprint density at radius 1 is 1.25 bits per heavy atom. The van der Waals surface area contributed by atoms with Crippen molar-refractivity contribution in [2.24, 2.45) is 0 Å². The van der Waals surface area contributed by atoms with Gasteiger partial charge in [-0.25, -0.2) is 0 Å². The number of nitrogens with one attached hydrogen (secondary N) is 1. The first-order valence-corrected chi connectivity index (χ1v) is 7.67. The van der Waals surface area contributed by atoms with Gasteiger partial charge < -0.3 is 0 Å². The van der Waals surface area contributed by atoms with E-state index in [0.717, 1.165) is 32.5 Å². The molecule has 3 heteroatoms. The Morgan fingerprint density at radius 2 is 1.85 bits per heavy atom. The second kappa shape index (κ2) is 5.55. The van der Waals surface area contributed by atoms with Gasteiger partial charge in [-0.2, -0.15) is 5.26 Å². The van der Waals surface area contributed by atoms with Gasteiger partial charge in [-0.05, 0) is 43.7 Å². The normalized spacial score (nSPS) is 22.4. The average molecular weight is 269 g/mol. The molecule has 0 spiro atoms. The summed E-state index contributed by atoms with van der Waals surface area (Å²) in [7, 11) is 0. The molecule has 1 N–H and O–H groups in total. The van der Waals surface area contributed by atoms with Gasteiger partial charge in [0.05, 0.1) is 6.07 Å². The summed E-state index contributed by atoms with van der Waals surface area (Å²) in [5, 5.41) is 13.0. The number of hydrogen-bond donors (Lipinski definition) is 1. The molecule has 1 heterocycles. The number of nitriles is 1. The Balaban J connectivity index is 1.63. The van der Waals surface area contributed by atoms with Crippen molar-refractivity contribution in [1.29, 1.82) is 5.26 Å². The lowest BCUT2D eigenvalue weighted by Crippen LogP contribution is -2.51. The maximum atomic E-state index is 9.50. The molecule has 1 aliphatic heterocycles. The molecular formula is C17H23N3. The summed E-state index contributed by atoms with van der Waals surface area (Å²) in [6.07, 6.45) is 4.65. The van der Waals surface area contributed by atoms with Crippen LogP contribution in [-0.4, -0.2) is 36.1 Å². The highest BCUT2D eigenvalue weighted by Crippen LogP contribution is 2.23. The minimum absolute atomic E-state index is 0.405. The third-order valence-corrected chi connectivity index (χ3v) is 4.40. The molecule has 0 aromatic heterocycles. The van der Waals surface area contributed by atoms with Crippen molar-refractivity contribution < 1.29 is 0 Å². The molecule has 1 unspecified atom stereocenters. The monoisotopic (exact) mass is 269 g/mol. The van der Waals surface area contributed by atoms with Crippen molar-refractivity contribution in [3.63, 3.8) is 0 Å². The van der Waals surface area contributed by atoms with Crippen molar-refractivity contribution in [3.8, 4) is 6.07 Å². The van der Waals surface area contributed by atoms with Crippen molar-refractivity contribution in [1.82, 2.24) is 10.2 Å². The summed E-state index contributed by atoms with van der Waals surface area (Å²) < 4.78 is 0. The minimum Gasteiger partial charge on any atom is -0.300 e. The van der Waals surface area contributed by atoms with Crippen molar-refractivity contribution in [2.75, 3.05) is 19.6 Å². The highest BCUT2D eigenvalue weighted by atomic mass is 15.2. The molecule has 3 nitrogen and oxygen atoms in total. The number of fused-ring (bicyclic) bond motifs is 1. The fourth-order valence-corrected chi connectivity index (χ4v) is 3.11. The molecule has 0 amide bonds. The Hall–Kier alpha value is -1.37. The van der Waals surface area contributed by atoms with E-state index >= 15 is 0 Å². The number of hydrogen-bond acceptors (Lipinski definition) is 3. The SMILES string of the molecule is CC(C#N)(CN1CCc2ccccc2CC1)NC1CC1. The zero-order valence-corrected chi connectivity index (χ0v) is 12.2. The first-order valence-electron chi connectivity index (χ1n) is 7.67. The lowest BCUT2D eigenvalue weighted by atomic mass is 10.0. The molecule has 3 rings (SSSR count). The predicted molar refractivity (Wildman–Crippen MR) is 80.5 cm³/mol. The van der Waals surface area contributed by atoms with E-state index in [1.807, 2.05) is 6.92 Å². The van der Waals surface area contributed by atoms with Crippen LogP contribution in [0.4, 0.5) is 0 Å². The standard InChI is InChI=1S/C17H23N3/c1-17(12-18,19-16-6-7-16)13-20-10-8-14-4-2-3-5-15(14)9-11-20/h2-5,16,19H,6-11,13H2,1H3. The molecule has 1 fully saturated rings. The largest absolute Gasteiger partial charge is 0.300 e. The third-order valence-electron chi connectivity index (χ3n) is 4.40. The van der Waals surface area contributed by atoms with Crippen LogP contribution in [0.3, 0.4) is 0 Å². The second-order valence-corrected chi connectivity index (χ2v) is 6.41. The summed E-state index contributed by atoms with van der Waals surface area (Å²) in [6, 6.07) is 11.8. The zero-order chi connectivity index (χ0) is 14.0. The van der Waals surface area contributed by atoms with Crippen LogP contribution < -0.4 is 5.32 Å². The van der Waals surface area contributed by atoms with E-state index in [4.69, 9.17) is 0 Å². The van der Waals surface area contributed by atoms with Gasteiger partial charge in [-0.1, -0.05) is 24.3 Å². The highest BCUT2D eigenvalue weighted by molar-refractivity contribution is 5.28. The van der Waals surface area contributed by atoms with Crippen molar-refractivity contribution in [3.05, 3.63) is 35.4 Å². The second-order valence-electron chi connectivity index (χ2n) is 6.41. The number of benzene rings is 1. The maximum absolute atomic E-state index is 9.50. The van der Waals surface area contributed by atoms with Crippen LogP contribution in [-0.2, 0) is 12.8 Å². The topological polar surface area (TPSA) is 39.1 Å². The Bertz CT molecular complexity index is 488.